The second-order valence-electron chi connectivity index (χ2n) is 10.8. The average Bonchev–Trinajstić information content (AvgIpc) is 3.29. The largest absolute Gasteiger partial charge is 0.369 e. The maximum atomic E-state index is 12.9. The summed E-state index contributed by atoms with van der Waals surface area (Å²) in [4.78, 5) is 35.5. The Labute approximate surface area is 239 Å². The van der Waals surface area contributed by atoms with Crippen LogP contribution in [0.25, 0.3) is 21.8 Å². The summed E-state index contributed by atoms with van der Waals surface area (Å²) in [7, 11) is 2.04. The van der Waals surface area contributed by atoms with Crippen molar-refractivity contribution in [3.8, 4) is 0 Å². The zero-order valence-electron chi connectivity index (χ0n) is 23.8. The molecule has 9 heteroatoms. The van der Waals surface area contributed by atoms with Crippen molar-refractivity contribution >= 4 is 39.1 Å². The molecule has 210 valence electrons. The Bertz CT molecular complexity index is 1780. The van der Waals surface area contributed by atoms with Crippen molar-refractivity contribution in [1.29, 1.82) is 0 Å². The van der Waals surface area contributed by atoms with Gasteiger partial charge in [0.15, 0.2) is 0 Å². The summed E-state index contributed by atoms with van der Waals surface area (Å²) in [5.41, 5.74) is 5.52. The van der Waals surface area contributed by atoms with Gasteiger partial charge >= 0.3 is 0 Å². The predicted octanol–water partition coefficient (Wildman–Crippen LogP) is 3.90. The van der Waals surface area contributed by atoms with E-state index in [-0.39, 0.29) is 18.0 Å². The number of carbonyl (C=O) groups is 1. The Morgan fingerprint density at radius 2 is 1.66 bits per heavy atom. The first-order valence-corrected chi connectivity index (χ1v) is 14.1. The number of hydrogen-bond donors (Lipinski definition) is 1. The van der Waals surface area contributed by atoms with E-state index in [2.05, 4.69) is 56.0 Å². The van der Waals surface area contributed by atoms with Crippen molar-refractivity contribution in [2.75, 3.05) is 42.9 Å². The van der Waals surface area contributed by atoms with E-state index in [0.29, 0.717) is 16.8 Å². The molecule has 41 heavy (non-hydrogen) atoms. The number of aryl methyl sites for hydroxylation is 3. The number of aromatic nitrogens is 4. The third-order valence-corrected chi connectivity index (χ3v) is 8.03. The van der Waals surface area contributed by atoms with Crippen molar-refractivity contribution in [2.24, 2.45) is 7.05 Å². The molecule has 1 amide bonds. The molecule has 0 atom stereocenters. The van der Waals surface area contributed by atoms with Crippen LogP contribution >= 0.6 is 0 Å². The number of piperazine rings is 1. The molecule has 9 nitrogen and oxygen atoms in total. The van der Waals surface area contributed by atoms with E-state index >= 15 is 0 Å². The number of anilines is 2. The third kappa shape index (κ3) is 5.58. The summed E-state index contributed by atoms with van der Waals surface area (Å²) in [5, 5.41) is 8.62. The van der Waals surface area contributed by atoms with Gasteiger partial charge in [-0.25, -0.2) is 9.67 Å². The van der Waals surface area contributed by atoms with Gasteiger partial charge in [-0.15, -0.1) is 0 Å². The molecule has 2 aromatic heterocycles. The highest BCUT2D eigenvalue weighted by molar-refractivity contribution is 5.93. The number of rotatable bonds is 7. The lowest BCUT2D eigenvalue weighted by Gasteiger charge is -2.36. The number of hydrogen-bond acceptors (Lipinski definition) is 6. The fraction of sp³-hybridized carbons (Fsp3) is 0.312. The van der Waals surface area contributed by atoms with Crippen molar-refractivity contribution in [3.05, 3.63) is 94.2 Å². The van der Waals surface area contributed by atoms with Crippen LogP contribution in [0.3, 0.4) is 0 Å². The smallest absolute Gasteiger partial charge is 0.275 e. The van der Waals surface area contributed by atoms with E-state index in [9.17, 15) is 9.59 Å². The van der Waals surface area contributed by atoms with E-state index in [1.165, 1.54) is 15.9 Å². The van der Waals surface area contributed by atoms with Crippen LogP contribution in [-0.2, 0) is 24.8 Å². The summed E-state index contributed by atoms with van der Waals surface area (Å²) in [6.07, 6.45) is 0.854. The maximum absolute atomic E-state index is 12.9. The molecule has 0 bridgehead atoms. The first-order chi connectivity index (χ1) is 19.9. The molecule has 0 aliphatic carbocycles. The fourth-order valence-corrected chi connectivity index (χ4v) is 5.64. The van der Waals surface area contributed by atoms with Gasteiger partial charge in [-0.1, -0.05) is 35.9 Å². The highest BCUT2D eigenvalue weighted by Gasteiger charge is 2.18. The molecule has 0 radical (unpaired) electrons. The second kappa shape index (κ2) is 11.2. The monoisotopic (exact) mass is 549 g/mol. The minimum Gasteiger partial charge on any atom is -0.369 e. The minimum absolute atomic E-state index is 0.160. The molecule has 3 heterocycles. The van der Waals surface area contributed by atoms with Crippen LogP contribution in [0.4, 0.5) is 11.4 Å². The van der Waals surface area contributed by atoms with Crippen LogP contribution in [0.1, 0.15) is 17.1 Å². The summed E-state index contributed by atoms with van der Waals surface area (Å²) in [5.74, 6) is 0.710. The Morgan fingerprint density at radius 1 is 0.927 bits per heavy atom. The average molecular weight is 550 g/mol. The number of benzene rings is 3. The Kier molecular flexibility index (Phi) is 7.28. The molecule has 1 aliphatic heterocycles. The van der Waals surface area contributed by atoms with Gasteiger partial charge < -0.3 is 14.8 Å². The SMILES string of the molecule is Cc1ccc(N2CCN(CCc3nc4cc(NC(=O)Cn5nc(C)c6ccccc6c5=O)ccc4n3C)CC2)cc1. The first-order valence-electron chi connectivity index (χ1n) is 14.1. The van der Waals surface area contributed by atoms with E-state index in [4.69, 9.17) is 4.98 Å². The lowest BCUT2D eigenvalue weighted by atomic mass is 10.1. The van der Waals surface area contributed by atoms with E-state index < -0.39 is 0 Å². The molecule has 0 saturated carbocycles. The topological polar surface area (TPSA) is 88.3 Å². The highest BCUT2D eigenvalue weighted by Crippen LogP contribution is 2.21. The summed E-state index contributed by atoms with van der Waals surface area (Å²) in [6, 6.07) is 21.8. The lowest BCUT2D eigenvalue weighted by molar-refractivity contribution is -0.117. The Balaban J connectivity index is 1.08. The maximum Gasteiger partial charge on any atom is 0.275 e. The quantitative estimate of drug-likeness (QED) is 0.331. The van der Waals surface area contributed by atoms with Crippen LogP contribution in [-0.4, -0.2) is 62.9 Å². The number of fused-ring (bicyclic) bond motifs is 2. The molecular weight excluding hydrogens is 514 g/mol. The Morgan fingerprint density at radius 3 is 2.41 bits per heavy atom. The van der Waals surface area contributed by atoms with Crippen LogP contribution < -0.4 is 15.8 Å². The van der Waals surface area contributed by atoms with Gasteiger partial charge in [-0.3, -0.25) is 14.5 Å². The second-order valence-corrected chi connectivity index (χ2v) is 10.8. The van der Waals surface area contributed by atoms with Crippen LogP contribution in [0, 0.1) is 13.8 Å². The predicted molar refractivity (Wildman–Crippen MR) is 164 cm³/mol. The molecule has 6 rings (SSSR count). The van der Waals surface area contributed by atoms with Gasteiger partial charge in [0, 0.05) is 63.0 Å². The fourth-order valence-electron chi connectivity index (χ4n) is 5.64. The van der Waals surface area contributed by atoms with E-state index in [1.807, 2.05) is 50.4 Å². The highest BCUT2D eigenvalue weighted by atomic mass is 16.2. The molecular formula is C32H35N7O2. The molecule has 0 unspecified atom stereocenters. The first kappa shape index (κ1) is 26.7. The number of nitrogens with one attached hydrogen (secondary N) is 1. The molecule has 0 spiro atoms. The van der Waals surface area contributed by atoms with Gasteiger partial charge in [0.2, 0.25) is 5.91 Å². The number of amides is 1. The summed E-state index contributed by atoms with van der Waals surface area (Å²) >= 11 is 0. The van der Waals surface area contributed by atoms with Gasteiger partial charge in [0.05, 0.1) is 22.1 Å². The van der Waals surface area contributed by atoms with Gasteiger partial charge in [-0.05, 0) is 50.2 Å². The Hall–Kier alpha value is -4.50. The minimum atomic E-state index is -0.311. The zero-order valence-corrected chi connectivity index (χ0v) is 23.8. The number of imidazole rings is 1. The van der Waals surface area contributed by atoms with E-state index in [0.717, 1.165) is 61.4 Å². The van der Waals surface area contributed by atoms with Crippen molar-refractivity contribution < 1.29 is 4.79 Å². The van der Waals surface area contributed by atoms with Crippen molar-refractivity contribution in [2.45, 2.75) is 26.8 Å². The zero-order chi connectivity index (χ0) is 28.5. The standard InChI is InChI=1S/C32H35N7O2/c1-22-8-11-25(12-9-22)38-18-16-37(17-19-38)15-14-30-34-28-20-24(10-13-29(28)36(30)3)33-31(40)21-39-32(41)27-7-5-4-6-26(27)23(2)35-39/h4-13,20H,14-19,21H2,1-3H3,(H,33,40). The van der Waals surface area contributed by atoms with Crippen LogP contribution in [0.15, 0.2) is 71.5 Å². The van der Waals surface area contributed by atoms with Gasteiger partial charge in [0.1, 0.15) is 12.4 Å². The van der Waals surface area contributed by atoms with Crippen LogP contribution in [0.2, 0.25) is 0 Å². The van der Waals surface area contributed by atoms with Crippen LogP contribution in [0.5, 0.6) is 0 Å². The molecule has 1 fully saturated rings. The van der Waals surface area contributed by atoms with Gasteiger partial charge in [-0.2, -0.15) is 5.10 Å². The lowest BCUT2D eigenvalue weighted by Crippen LogP contribution is -2.47. The molecule has 1 saturated heterocycles. The number of carbonyl (C=O) groups excluding carboxylic acids is 1. The summed E-state index contributed by atoms with van der Waals surface area (Å²) < 4.78 is 3.36. The van der Waals surface area contributed by atoms with Crippen molar-refractivity contribution in [3.63, 3.8) is 0 Å². The normalized spacial score (nSPS) is 14.2. The molecule has 1 N–H and O–H groups in total. The third-order valence-electron chi connectivity index (χ3n) is 8.03. The molecule has 5 aromatic rings. The van der Waals surface area contributed by atoms with E-state index in [1.54, 1.807) is 6.07 Å². The summed E-state index contributed by atoms with van der Waals surface area (Å²) in [6.45, 7) is 8.86. The van der Waals surface area contributed by atoms with Gasteiger partial charge in [0.25, 0.3) is 5.56 Å². The molecule has 1 aliphatic rings. The molecule has 3 aromatic carbocycles. The van der Waals surface area contributed by atoms with Crippen molar-refractivity contribution in [1.82, 2.24) is 24.2 Å². The number of nitrogens with zero attached hydrogens (tertiary/aromatic N) is 6.